The molecule has 0 radical (unpaired) electrons. The molecular formula is C24H27ClN4O2S. The van der Waals surface area contributed by atoms with Gasteiger partial charge < -0.3 is 24.6 Å². The highest BCUT2D eigenvalue weighted by atomic mass is 35.5. The standard InChI is InChI=1S/C24H27ClN4O2S/c1-15-13-18(16(2)29(15)20-14-17(25)8-9-21(20)31-3)23-22(19-7-4-5-10-26-19)27-24(32)28(23)11-6-12-30/h4-5,7-10,13-14,22-23,30H,6,11-12H2,1-3H3,(H,27,32)/t22-,23+/m1/s1. The number of ether oxygens (including phenoxy) is 1. The van der Waals surface area contributed by atoms with E-state index in [0.29, 0.717) is 23.1 Å². The molecule has 1 saturated heterocycles. The molecule has 0 amide bonds. The summed E-state index contributed by atoms with van der Waals surface area (Å²) >= 11 is 12.0. The molecule has 0 unspecified atom stereocenters. The highest BCUT2D eigenvalue weighted by molar-refractivity contribution is 7.80. The van der Waals surface area contributed by atoms with Crippen LogP contribution in [0.5, 0.6) is 5.75 Å². The number of methoxy groups -OCH3 is 1. The predicted octanol–water partition coefficient (Wildman–Crippen LogP) is 4.51. The minimum atomic E-state index is -0.0994. The number of hydrogen-bond acceptors (Lipinski definition) is 4. The predicted molar refractivity (Wildman–Crippen MR) is 131 cm³/mol. The molecule has 3 heterocycles. The second kappa shape index (κ2) is 9.48. The molecule has 1 aliphatic heterocycles. The molecule has 4 rings (SSSR count). The van der Waals surface area contributed by atoms with Gasteiger partial charge in [-0.05, 0) is 74.4 Å². The fourth-order valence-electron chi connectivity index (χ4n) is 4.52. The lowest BCUT2D eigenvalue weighted by molar-refractivity contribution is 0.247. The van der Waals surface area contributed by atoms with Crippen LogP contribution in [-0.4, -0.2) is 44.9 Å². The summed E-state index contributed by atoms with van der Waals surface area (Å²) in [5.41, 5.74) is 5.11. The van der Waals surface area contributed by atoms with Gasteiger partial charge in [0.1, 0.15) is 5.75 Å². The van der Waals surface area contributed by atoms with Crippen molar-refractivity contribution in [2.75, 3.05) is 20.3 Å². The van der Waals surface area contributed by atoms with Crippen LogP contribution in [0, 0.1) is 13.8 Å². The highest BCUT2D eigenvalue weighted by Crippen LogP contribution is 2.42. The van der Waals surface area contributed by atoms with E-state index in [1.54, 1.807) is 13.3 Å². The summed E-state index contributed by atoms with van der Waals surface area (Å²) in [6.07, 6.45) is 2.43. The minimum Gasteiger partial charge on any atom is -0.495 e. The molecule has 0 bridgehead atoms. The smallest absolute Gasteiger partial charge is 0.170 e. The van der Waals surface area contributed by atoms with Gasteiger partial charge in [0.2, 0.25) is 0 Å². The number of nitrogens with one attached hydrogen (secondary N) is 1. The first-order chi connectivity index (χ1) is 15.5. The number of nitrogens with zero attached hydrogens (tertiary/aromatic N) is 3. The van der Waals surface area contributed by atoms with Gasteiger partial charge in [-0.2, -0.15) is 0 Å². The maximum absolute atomic E-state index is 9.45. The largest absolute Gasteiger partial charge is 0.495 e. The molecule has 8 heteroatoms. The quantitative estimate of drug-likeness (QED) is 0.495. The average molecular weight is 471 g/mol. The normalized spacial score (nSPS) is 18.2. The van der Waals surface area contributed by atoms with Crippen LogP contribution in [0.4, 0.5) is 0 Å². The van der Waals surface area contributed by atoms with Crippen molar-refractivity contribution in [2.24, 2.45) is 0 Å². The molecular weight excluding hydrogens is 444 g/mol. The fraction of sp³-hybridized carbons (Fsp3) is 0.333. The van der Waals surface area contributed by atoms with Gasteiger partial charge in [0.25, 0.3) is 0 Å². The van der Waals surface area contributed by atoms with Crippen molar-refractivity contribution in [3.05, 3.63) is 76.3 Å². The lowest BCUT2D eigenvalue weighted by Gasteiger charge is -2.28. The summed E-state index contributed by atoms with van der Waals surface area (Å²) in [5.74, 6) is 0.751. The molecule has 168 valence electrons. The van der Waals surface area contributed by atoms with Crippen LogP contribution in [0.15, 0.2) is 48.7 Å². The zero-order chi connectivity index (χ0) is 22.8. The molecule has 1 aromatic carbocycles. The molecule has 0 spiro atoms. The monoisotopic (exact) mass is 470 g/mol. The lowest BCUT2D eigenvalue weighted by Crippen LogP contribution is -2.31. The van der Waals surface area contributed by atoms with E-state index in [-0.39, 0.29) is 18.7 Å². The zero-order valence-electron chi connectivity index (χ0n) is 18.4. The molecule has 0 aliphatic carbocycles. The number of thiocarbonyl (C=S) groups is 1. The number of rotatable bonds is 7. The Bertz CT molecular complexity index is 1120. The number of halogens is 1. The first-order valence-corrected chi connectivity index (χ1v) is 11.4. The lowest BCUT2D eigenvalue weighted by atomic mass is 9.96. The van der Waals surface area contributed by atoms with Gasteiger partial charge in [-0.3, -0.25) is 4.98 Å². The summed E-state index contributed by atoms with van der Waals surface area (Å²) in [6, 6.07) is 13.6. The van der Waals surface area contributed by atoms with Gasteiger partial charge in [-0.25, -0.2) is 0 Å². The van der Waals surface area contributed by atoms with Crippen LogP contribution in [0.25, 0.3) is 5.69 Å². The van der Waals surface area contributed by atoms with Crippen LogP contribution in [0.1, 0.15) is 41.1 Å². The van der Waals surface area contributed by atoms with Crippen molar-refractivity contribution >= 4 is 28.9 Å². The summed E-state index contributed by atoms with van der Waals surface area (Å²) in [5, 5.41) is 14.2. The Labute approximate surface area is 198 Å². The third kappa shape index (κ3) is 4.08. The summed E-state index contributed by atoms with van der Waals surface area (Å²) in [6.45, 7) is 4.94. The number of aliphatic hydroxyl groups is 1. The van der Waals surface area contributed by atoms with E-state index in [2.05, 4.69) is 39.7 Å². The number of aliphatic hydroxyl groups excluding tert-OH is 1. The Kier molecular flexibility index (Phi) is 6.69. The van der Waals surface area contributed by atoms with Gasteiger partial charge in [-0.15, -0.1) is 0 Å². The molecule has 2 atom stereocenters. The number of benzene rings is 1. The fourth-order valence-corrected chi connectivity index (χ4v) is 5.02. The van der Waals surface area contributed by atoms with Crippen LogP contribution < -0.4 is 10.1 Å². The Hall–Kier alpha value is -2.61. The number of aromatic nitrogens is 2. The van der Waals surface area contributed by atoms with E-state index in [0.717, 1.165) is 34.1 Å². The number of aryl methyl sites for hydroxylation is 1. The van der Waals surface area contributed by atoms with Gasteiger partial charge in [0, 0.05) is 35.8 Å². The molecule has 0 saturated carbocycles. The molecule has 2 N–H and O–H groups in total. The maximum atomic E-state index is 9.45. The maximum Gasteiger partial charge on any atom is 0.170 e. The van der Waals surface area contributed by atoms with E-state index in [9.17, 15) is 5.11 Å². The van der Waals surface area contributed by atoms with E-state index >= 15 is 0 Å². The molecule has 3 aromatic rings. The van der Waals surface area contributed by atoms with Crippen molar-refractivity contribution < 1.29 is 9.84 Å². The van der Waals surface area contributed by atoms with Crippen molar-refractivity contribution in [3.63, 3.8) is 0 Å². The van der Waals surface area contributed by atoms with E-state index < -0.39 is 0 Å². The number of pyridine rings is 1. The van der Waals surface area contributed by atoms with E-state index in [1.165, 1.54) is 0 Å². The first kappa shape index (κ1) is 22.6. The van der Waals surface area contributed by atoms with Crippen LogP contribution >= 0.6 is 23.8 Å². The Morgan fingerprint density at radius 1 is 1.22 bits per heavy atom. The Morgan fingerprint density at radius 3 is 2.72 bits per heavy atom. The average Bonchev–Trinajstić information content (AvgIpc) is 3.27. The van der Waals surface area contributed by atoms with Crippen molar-refractivity contribution in [3.8, 4) is 11.4 Å². The van der Waals surface area contributed by atoms with Gasteiger partial charge in [0.05, 0.1) is 30.6 Å². The molecule has 32 heavy (non-hydrogen) atoms. The highest BCUT2D eigenvalue weighted by Gasteiger charge is 2.41. The van der Waals surface area contributed by atoms with Gasteiger partial charge in [-0.1, -0.05) is 17.7 Å². The molecule has 1 aliphatic rings. The van der Waals surface area contributed by atoms with E-state index in [1.807, 2.05) is 36.4 Å². The Balaban J connectivity index is 1.85. The van der Waals surface area contributed by atoms with Crippen molar-refractivity contribution in [1.29, 1.82) is 0 Å². The van der Waals surface area contributed by atoms with Gasteiger partial charge in [0.15, 0.2) is 5.11 Å². The molecule has 2 aromatic heterocycles. The SMILES string of the molecule is COc1ccc(Cl)cc1-n1c(C)cc([C@H]2[C@@H](c3ccccn3)NC(=S)N2CCCO)c1C. The summed E-state index contributed by atoms with van der Waals surface area (Å²) in [7, 11) is 1.66. The molecule has 6 nitrogen and oxygen atoms in total. The van der Waals surface area contributed by atoms with Crippen LogP contribution in [0.3, 0.4) is 0 Å². The third-order valence-corrected chi connectivity index (χ3v) is 6.51. The number of hydrogen-bond donors (Lipinski definition) is 2. The van der Waals surface area contributed by atoms with Crippen LogP contribution in [-0.2, 0) is 0 Å². The Morgan fingerprint density at radius 2 is 2.03 bits per heavy atom. The van der Waals surface area contributed by atoms with Crippen molar-refractivity contribution in [1.82, 2.24) is 19.8 Å². The summed E-state index contributed by atoms with van der Waals surface area (Å²) in [4.78, 5) is 6.76. The third-order valence-electron chi connectivity index (χ3n) is 5.93. The minimum absolute atomic E-state index is 0.0610. The second-order valence-electron chi connectivity index (χ2n) is 7.88. The van der Waals surface area contributed by atoms with Crippen LogP contribution in [0.2, 0.25) is 5.02 Å². The van der Waals surface area contributed by atoms with Gasteiger partial charge >= 0.3 is 0 Å². The van der Waals surface area contributed by atoms with E-state index in [4.69, 9.17) is 28.6 Å². The molecule has 1 fully saturated rings. The van der Waals surface area contributed by atoms with Crippen molar-refractivity contribution in [2.45, 2.75) is 32.4 Å². The first-order valence-electron chi connectivity index (χ1n) is 10.6. The topological polar surface area (TPSA) is 62.5 Å². The summed E-state index contributed by atoms with van der Waals surface area (Å²) < 4.78 is 7.79. The zero-order valence-corrected chi connectivity index (χ0v) is 20.0. The second-order valence-corrected chi connectivity index (χ2v) is 8.70.